The first-order valence-electron chi connectivity index (χ1n) is 7.89. The quantitative estimate of drug-likeness (QED) is 0.798. The third-order valence-corrected chi connectivity index (χ3v) is 3.78. The Labute approximate surface area is 146 Å². The van der Waals surface area contributed by atoms with Crippen molar-refractivity contribution in [2.45, 2.75) is 6.54 Å². The Morgan fingerprint density at radius 1 is 1.20 bits per heavy atom. The number of hydrogen-bond donors (Lipinski definition) is 3. The summed E-state index contributed by atoms with van der Waals surface area (Å²) in [5, 5.41) is 8.26. The molecule has 3 rings (SSSR count). The standard InChI is InChI=1S/C18H20N4O3/c1-22(2)14-6-3-12(4-7-14)10-19-18(24)20-13-5-8-15-16(9-13)25-11-17(23)21-15/h3-9H,10-11H2,1-2H3,(H,21,23)(H2,19,20,24). The van der Waals surface area contributed by atoms with Gasteiger partial charge in [0.2, 0.25) is 0 Å². The van der Waals surface area contributed by atoms with Gasteiger partial charge in [0.15, 0.2) is 6.61 Å². The Bertz CT molecular complexity index is 787. The molecule has 130 valence electrons. The lowest BCUT2D eigenvalue weighted by molar-refractivity contribution is -0.118. The Kier molecular flexibility index (Phi) is 4.74. The van der Waals surface area contributed by atoms with Gasteiger partial charge in [-0.15, -0.1) is 0 Å². The van der Waals surface area contributed by atoms with E-state index in [9.17, 15) is 9.59 Å². The lowest BCUT2D eigenvalue weighted by Crippen LogP contribution is -2.28. The van der Waals surface area contributed by atoms with Crippen molar-refractivity contribution in [1.29, 1.82) is 0 Å². The van der Waals surface area contributed by atoms with Crippen molar-refractivity contribution in [2.75, 3.05) is 36.2 Å². The van der Waals surface area contributed by atoms with Gasteiger partial charge in [-0.2, -0.15) is 0 Å². The topological polar surface area (TPSA) is 82.7 Å². The van der Waals surface area contributed by atoms with Gasteiger partial charge in [0, 0.05) is 38.1 Å². The zero-order chi connectivity index (χ0) is 17.8. The van der Waals surface area contributed by atoms with Gasteiger partial charge in [-0.3, -0.25) is 4.79 Å². The van der Waals surface area contributed by atoms with Crippen LogP contribution in [0, 0.1) is 0 Å². The number of hydrogen-bond acceptors (Lipinski definition) is 4. The number of carbonyl (C=O) groups is 2. The molecule has 2 aromatic carbocycles. The van der Waals surface area contributed by atoms with Gasteiger partial charge in [0.1, 0.15) is 5.75 Å². The van der Waals surface area contributed by atoms with Crippen LogP contribution in [-0.2, 0) is 11.3 Å². The predicted molar refractivity (Wildman–Crippen MR) is 97.2 cm³/mol. The molecule has 0 aromatic heterocycles. The molecule has 1 heterocycles. The molecule has 0 atom stereocenters. The van der Waals surface area contributed by atoms with E-state index >= 15 is 0 Å². The summed E-state index contributed by atoms with van der Waals surface area (Å²) in [5.41, 5.74) is 3.31. The molecule has 0 saturated carbocycles. The van der Waals surface area contributed by atoms with Crippen LogP contribution in [0.25, 0.3) is 0 Å². The highest BCUT2D eigenvalue weighted by Gasteiger charge is 2.16. The maximum absolute atomic E-state index is 12.0. The van der Waals surface area contributed by atoms with Crippen LogP contribution in [0.3, 0.4) is 0 Å². The summed E-state index contributed by atoms with van der Waals surface area (Å²) in [4.78, 5) is 25.3. The second-order valence-corrected chi connectivity index (χ2v) is 5.92. The number of fused-ring (bicyclic) bond motifs is 1. The van der Waals surface area contributed by atoms with E-state index in [4.69, 9.17) is 4.74 Å². The molecule has 7 heteroatoms. The minimum absolute atomic E-state index is 0.0222. The zero-order valence-corrected chi connectivity index (χ0v) is 14.1. The fraction of sp³-hybridized carbons (Fsp3) is 0.222. The van der Waals surface area contributed by atoms with E-state index in [0.717, 1.165) is 11.3 Å². The van der Waals surface area contributed by atoms with Gasteiger partial charge in [0.05, 0.1) is 5.69 Å². The van der Waals surface area contributed by atoms with E-state index in [0.29, 0.717) is 23.7 Å². The third-order valence-electron chi connectivity index (χ3n) is 3.78. The Balaban J connectivity index is 1.55. The number of nitrogens with zero attached hydrogens (tertiary/aromatic N) is 1. The molecule has 0 unspecified atom stereocenters. The van der Waals surface area contributed by atoms with Crippen LogP contribution < -0.4 is 25.6 Å². The number of benzene rings is 2. The summed E-state index contributed by atoms with van der Waals surface area (Å²) in [5.74, 6) is 0.350. The molecule has 1 aliphatic rings. The van der Waals surface area contributed by atoms with Crippen molar-refractivity contribution in [3.63, 3.8) is 0 Å². The highest BCUT2D eigenvalue weighted by Crippen LogP contribution is 2.30. The molecule has 0 aliphatic carbocycles. The van der Waals surface area contributed by atoms with Crippen LogP contribution in [0.15, 0.2) is 42.5 Å². The molecular formula is C18H20N4O3. The van der Waals surface area contributed by atoms with Crippen molar-refractivity contribution in [2.24, 2.45) is 0 Å². The summed E-state index contributed by atoms with van der Waals surface area (Å²) in [6.45, 7) is 0.405. The van der Waals surface area contributed by atoms with E-state index in [2.05, 4.69) is 16.0 Å². The molecule has 7 nitrogen and oxygen atoms in total. The van der Waals surface area contributed by atoms with Crippen molar-refractivity contribution in [1.82, 2.24) is 5.32 Å². The van der Waals surface area contributed by atoms with Gasteiger partial charge < -0.3 is 25.6 Å². The van der Waals surface area contributed by atoms with Crippen LogP contribution in [0.5, 0.6) is 5.75 Å². The lowest BCUT2D eigenvalue weighted by atomic mass is 10.2. The van der Waals surface area contributed by atoms with Crippen LogP contribution >= 0.6 is 0 Å². The van der Waals surface area contributed by atoms with Crippen molar-refractivity contribution >= 4 is 29.0 Å². The average molecular weight is 340 g/mol. The highest BCUT2D eigenvalue weighted by molar-refractivity contribution is 5.96. The van der Waals surface area contributed by atoms with E-state index in [1.165, 1.54) is 0 Å². The number of nitrogens with one attached hydrogen (secondary N) is 3. The first kappa shape index (κ1) is 16.6. The lowest BCUT2D eigenvalue weighted by Gasteiger charge is -2.18. The Morgan fingerprint density at radius 3 is 2.68 bits per heavy atom. The molecule has 3 N–H and O–H groups in total. The third kappa shape index (κ3) is 4.20. The van der Waals surface area contributed by atoms with Crippen LogP contribution in [0.4, 0.5) is 21.9 Å². The maximum atomic E-state index is 12.0. The highest BCUT2D eigenvalue weighted by atomic mass is 16.5. The molecule has 3 amide bonds. The van der Waals surface area contributed by atoms with Gasteiger partial charge in [-0.05, 0) is 29.8 Å². The Morgan fingerprint density at radius 2 is 1.96 bits per heavy atom. The molecule has 2 aromatic rings. The summed E-state index contributed by atoms with van der Waals surface area (Å²) in [6, 6.07) is 12.7. The van der Waals surface area contributed by atoms with Crippen molar-refractivity contribution in [3.8, 4) is 5.75 Å². The number of rotatable bonds is 4. The van der Waals surface area contributed by atoms with Gasteiger partial charge in [0.25, 0.3) is 5.91 Å². The molecule has 1 aliphatic heterocycles. The molecule has 0 radical (unpaired) electrons. The van der Waals surface area contributed by atoms with E-state index in [1.807, 2.05) is 43.3 Å². The Hall–Kier alpha value is -3.22. The summed E-state index contributed by atoms with van der Waals surface area (Å²) in [7, 11) is 3.96. The van der Waals surface area contributed by atoms with Crippen LogP contribution in [-0.4, -0.2) is 32.6 Å². The fourth-order valence-corrected chi connectivity index (χ4v) is 2.42. The molecular weight excluding hydrogens is 320 g/mol. The zero-order valence-electron chi connectivity index (χ0n) is 14.1. The minimum atomic E-state index is -0.309. The molecule has 0 spiro atoms. The van der Waals surface area contributed by atoms with Gasteiger partial charge in [-0.1, -0.05) is 12.1 Å². The number of urea groups is 1. The minimum Gasteiger partial charge on any atom is -0.482 e. The molecule has 25 heavy (non-hydrogen) atoms. The maximum Gasteiger partial charge on any atom is 0.319 e. The normalized spacial score (nSPS) is 12.5. The summed E-state index contributed by atoms with van der Waals surface area (Å²) in [6.07, 6.45) is 0. The number of ether oxygens (including phenoxy) is 1. The number of carbonyl (C=O) groups excluding carboxylic acids is 2. The van der Waals surface area contributed by atoms with Gasteiger partial charge in [-0.25, -0.2) is 4.79 Å². The summed E-state index contributed by atoms with van der Waals surface area (Å²) >= 11 is 0. The van der Waals surface area contributed by atoms with E-state index in [1.54, 1.807) is 18.2 Å². The smallest absolute Gasteiger partial charge is 0.319 e. The largest absolute Gasteiger partial charge is 0.482 e. The monoisotopic (exact) mass is 340 g/mol. The van der Waals surface area contributed by atoms with E-state index < -0.39 is 0 Å². The average Bonchev–Trinajstić information content (AvgIpc) is 2.60. The molecule has 0 saturated heterocycles. The SMILES string of the molecule is CN(C)c1ccc(CNC(=O)Nc2ccc3c(c2)OCC(=O)N3)cc1. The van der Waals surface area contributed by atoms with Crippen LogP contribution in [0.1, 0.15) is 5.56 Å². The number of amides is 3. The first-order valence-corrected chi connectivity index (χ1v) is 7.89. The predicted octanol–water partition coefficient (Wildman–Crippen LogP) is 2.41. The molecule has 0 fully saturated rings. The van der Waals surface area contributed by atoms with Crippen molar-refractivity contribution in [3.05, 3.63) is 48.0 Å². The first-order chi connectivity index (χ1) is 12.0. The second kappa shape index (κ2) is 7.12. The van der Waals surface area contributed by atoms with Crippen molar-refractivity contribution < 1.29 is 14.3 Å². The van der Waals surface area contributed by atoms with Crippen LogP contribution in [0.2, 0.25) is 0 Å². The summed E-state index contributed by atoms with van der Waals surface area (Å²) < 4.78 is 5.33. The molecule has 0 bridgehead atoms. The second-order valence-electron chi connectivity index (χ2n) is 5.92. The van der Waals surface area contributed by atoms with Gasteiger partial charge >= 0.3 is 6.03 Å². The number of anilines is 3. The fourth-order valence-electron chi connectivity index (χ4n) is 2.42. The van der Waals surface area contributed by atoms with E-state index in [-0.39, 0.29) is 18.5 Å².